The van der Waals surface area contributed by atoms with Crippen molar-refractivity contribution < 1.29 is 13.2 Å². The van der Waals surface area contributed by atoms with Crippen molar-refractivity contribution >= 4 is 27.3 Å². The topological polar surface area (TPSA) is 89.3 Å². The van der Waals surface area contributed by atoms with Crippen molar-refractivity contribution in [3.63, 3.8) is 0 Å². The van der Waals surface area contributed by atoms with Gasteiger partial charge in [-0.1, -0.05) is 30.3 Å². The predicted molar refractivity (Wildman–Crippen MR) is 92.4 cm³/mol. The summed E-state index contributed by atoms with van der Waals surface area (Å²) >= 11 is 1.71. The number of carbonyl (C=O) groups is 1. The molecule has 0 fully saturated rings. The number of thiophene rings is 1. The van der Waals surface area contributed by atoms with Crippen LogP contribution in [0.2, 0.25) is 0 Å². The van der Waals surface area contributed by atoms with Crippen molar-refractivity contribution in [3.8, 4) is 0 Å². The van der Waals surface area contributed by atoms with E-state index in [0.717, 1.165) is 18.4 Å². The summed E-state index contributed by atoms with van der Waals surface area (Å²) in [6.45, 7) is 0.438. The lowest BCUT2D eigenvalue weighted by molar-refractivity contribution is -0.121. The Morgan fingerprint density at radius 2 is 1.83 bits per heavy atom. The first-order chi connectivity index (χ1) is 10.9. The van der Waals surface area contributed by atoms with E-state index in [1.54, 1.807) is 35.6 Å². The molecular formula is C16H20N2O3S2. The highest BCUT2D eigenvalue weighted by Gasteiger charge is 2.06. The third kappa shape index (κ3) is 6.94. The fraction of sp³-hybridized carbons (Fsp3) is 0.312. The molecule has 1 heterocycles. The SMILES string of the molecule is NS(=O)(=O)Cc1ccc(CNC(=O)CCCc2cccs2)cc1. The monoisotopic (exact) mass is 352 g/mol. The maximum Gasteiger partial charge on any atom is 0.220 e. The number of carbonyl (C=O) groups excluding carboxylic acids is 1. The first-order valence-electron chi connectivity index (χ1n) is 7.30. The lowest BCUT2D eigenvalue weighted by atomic mass is 10.1. The van der Waals surface area contributed by atoms with Crippen molar-refractivity contribution in [2.24, 2.45) is 5.14 Å². The van der Waals surface area contributed by atoms with Gasteiger partial charge in [-0.25, -0.2) is 13.6 Å². The molecule has 0 saturated heterocycles. The minimum absolute atomic E-state index is 0.0233. The van der Waals surface area contributed by atoms with Gasteiger partial charge in [-0.2, -0.15) is 0 Å². The van der Waals surface area contributed by atoms with Gasteiger partial charge in [0.1, 0.15) is 0 Å². The second-order valence-electron chi connectivity index (χ2n) is 5.33. The molecule has 23 heavy (non-hydrogen) atoms. The van der Waals surface area contributed by atoms with Crippen LogP contribution in [0.15, 0.2) is 41.8 Å². The molecule has 124 valence electrons. The first-order valence-corrected chi connectivity index (χ1v) is 9.89. The standard InChI is InChI=1S/C16H20N2O3S2/c17-23(20,21)12-14-8-6-13(7-9-14)11-18-16(19)5-1-3-15-4-2-10-22-15/h2,4,6-10H,1,3,5,11-12H2,(H,18,19)(H2,17,20,21). The normalized spacial score (nSPS) is 11.3. The zero-order valence-electron chi connectivity index (χ0n) is 12.7. The lowest BCUT2D eigenvalue weighted by Gasteiger charge is -2.06. The molecule has 2 rings (SSSR count). The highest BCUT2D eigenvalue weighted by molar-refractivity contribution is 7.88. The van der Waals surface area contributed by atoms with Crippen LogP contribution in [0.25, 0.3) is 0 Å². The zero-order valence-corrected chi connectivity index (χ0v) is 14.3. The zero-order chi connectivity index (χ0) is 16.7. The number of rotatable bonds is 8. The molecule has 0 bridgehead atoms. The van der Waals surface area contributed by atoms with E-state index in [4.69, 9.17) is 5.14 Å². The van der Waals surface area contributed by atoms with Crippen LogP contribution in [0.4, 0.5) is 0 Å². The van der Waals surface area contributed by atoms with E-state index in [1.807, 2.05) is 11.4 Å². The number of hydrogen-bond donors (Lipinski definition) is 2. The predicted octanol–water partition coefficient (Wildman–Crippen LogP) is 2.18. The molecule has 0 aliphatic rings. The third-order valence-electron chi connectivity index (χ3n) is 3.29. The summed E-state index contributed by atoms with van der Waals surface area (Å²) in [4.78, 5) is 13.1. The molecular weight excluding hydrogens is 332 g/mol. The Kier molecular flexibility index (Phi) is 6.32. The van der Waals surface area contributed by atoms with Crippen LogP contribution in [0, 0.1) is 0 Å². The molecule has 2 aromatic rings. The number of aryl methyl sites for hydroxylation is 1. The smallest absolute Gasteiger partial charge is 0.220 e. The van der Waals surface area contributed by atoms with E-state index in [-0.39, 0.29) is 11.7 Å². The second kappa shape index (κ2) is 8.24. The summed E-state index contributed by atoms with van der Waals surface area (Å²) in [6.07, 6.45) is 2.26. The Morgan fingerprint density at radius 1 is 1.13 bits per heavy atom. The van der Waals surface area contributed by atoms with Crippen molar-refractivity contribution in [3.05, 3.63) is 57.8 Å². The quantitative estimate of drug-likeness (QED) is 0.763. The van der Waals surface area contributed by atoms with Crippen molar-refractivity contribution in [1.82, 2.24) is 5.32 Å². The molecule has 1 aromatic carbocycles. The van der Waals surface area contributed by atoms with Gasteiger partial charge >= 0.3 is 0 Å². The van der Waals surface area contributed by atoms with Gasteiger partial charge in [-0.15, -0.1) is 11.3 Å². The Morgan fingerprint density at radius 3 is 2.43 bits per heavy atom. The van der Waals surface area contributed by atoms with Gasteiger partial charge in [0.05, 0.1) is 5.75 Å². The van der Waals surface area contributed by atoms with Crippen LogP contribution in [0.1, 0.15) is 28.8 Å². The van der Waals surface area contributed by atoms with Gasteiger partial charge in [-0.05, 0) is 35.4 Å². The molecule has 1 amide bonds. The molecule has 5 nitrogen and oxygen atoms in total. The second-order valence-corrected chi connectivity index (χ2v) is 7.98. The first kappa shape index (κ1) is 17.7. The minimum atomic E-state index is -3.51. The van der Waals surface area contributed by atoms with Crippen molar-refractivity contribution in [2.75, 3.05) is 0 Å². The van der Waals surface area contributed by atoms with E-state index in [1.165, 1.54) is 4.88 Å². The van der Waals surface area contributed by atoms with E-state index in [9.17, 15) is 13.2 Å². The molecule has 1 aromatic heterocycles. The summed E-state index contributed by atoms with van der Waals surface area (Å²) in [7, 11) is -3.51. The molecule has 0 saturated carbocycles. The van der Waals surface area contributed by atoms with Crippen LogP contribution in [0.5, 0.6) is 0 Å². The average molecular weight is 352 g/mol. The summed E-state index contributed by atoms with van der Waals surface area (Å²) in [6, 6.07) is 11.1. The number of nitrogens with two attached hydrogens (primary N) is 1. The van der Waals surface area contributed by atoms with Crippen LogP contribution in [-0.4, -0.2) is 14.3 Å². The Balaban J connectivity index is 1.71. The number of hydrogen-bond acceptors (Lipinski definition) is 4. The van der Waals surface area contributed by atoms with Crippen LogP contribution in [-0.2, 0) is 33.5 Å². The molecule has 0 atom stereocenters. The third-order valence-corrected chi connectivity index (χ3v) is 4.96. The van der Waals surface area contributed by atoms with Crippen molar-refractivity contribution in [2.45, 2.75) is 31.6 Å². The Bertz CT molecular complexity index is 723. The number of sulfonamides is 1. The number of nitrogens with one attached hydrogen (secondary N) is 1. The summed E-state index contributed by atoms with van der Waals surface area (Å²) in [5.74, 6) is -0.155. The highest BCUT2D eigenvalue weighted by atomic mass is 32.2. The Hall–Kier alpha value is -1.70. The molecule has 0 unspecified atom stereocenters. The van der Waals surface area contributed by atoms with Gasteiger partial charge in [-0.3, -0.25) is 4.79 Å². The van der Waals surface area contributed by atoms with Gasteiger partial charge in [0.25, 0.3) is 0 Å². The van der Waals surface area contributed by atoms with Crippen LogP contribution >= 0.6 is 11.3 Å². The van der Waals surface area contributed by atoms with E-state index in [2.05, 4.69) is 11.4 Å². The van der Waals surface area contributed by atoms with Gasteiger partial charge in [0.2, 0.25) is 15.9 Å². The van der Waals surface area contributed by atoms with E-state index < -0.39 is 10.0 Å². The van der Waals surface area contributed by atoms with Crippen LogP contribution < -0.4 is 10.5 Å². The number of benzene rings is 1. The molecule has 7 heteroatoms. The maximum absolute atomic E-state index is 11.8. The molecule has 0 radical (unpaired) electrons. The fourth-order valence-corrected chi connectivity index (χ4v) is 3.56. The number of amides is 1. The fourth-order valence-electron chi connectivity index (χ4n) is 2.15. The van der Waals surface area contributed by atoms with Gasteiger partial charge in [0, 0.05) is 17.8 Å². The van der Waals surface area contributed by atoms with Gasteiger partial charge < -0.3 is 5.32 Å². The molecule has 0 aliphatic heterocycles. The molecule has 3 N–H and O–H groups in total. The van der Waals surface area contributed by atoms with Gasteiger partial charge in [0.15, 0.2) is 0 Å². The van der Waals surface area contributed by atoms with E-state index in [0.29, 0.717) is 18.5 Å². The lowest BCUT2D eigenvalue weighted by Crippen LogP contribution is -2.22. The maximum atomic E-state index is 11.8. The average Bonchev–Trinajstić information content (AvgIpc) is 2.98. The Labute approximate surface area is 140 Å². The number of primary sulfonamides is 1. The molecule has 0 aliphatic carbocycles. The minimum Gasteiger partial charge on any atom is -0.352 e. The largest absolute Gasteiger partial charge is 0.352 e. The van der Waals surface area contributed by atoms with Crippen LogP contribution in [0.3, 0.4) is 0 Å². The summed E-state index contributed by atoms with van der Waals surface area (Å²) in [5.41, 5.74) is 1.56. The van der Waals surface area contributed by atoms with E-state index >= 15 is 0 Å². The molecule has 0 spiro atoms. The summed E-state index contributed by atoms with van der Waals surface area (Å²) in [5, 5.41) is 9.91. The highest BCUT2D eigenvalue weighted by Crippen LogP contribution is 2.12. The van der Waals surface area contributed by atoms with Crippen molar-refractivity contribution in [1.29, 1.82) is 0 Å². The summed E-state index contributed by atoms with van der Waals surface area (Å²) < 4.78 is 22.0.